The molecule has 32 heavy (non-hydrogen) atoms. The number of hydrogen-bond acceptors (Lipinski definition) is 4. The maximum atomic E-state index is 11.1. The van der Waals surface area contributed by atoms with Crippen LogP contribution in [-0.2, 0) is 14.4 Å². The quantitative estimate of drug-likeness (QED) is 0.136. The van der Waals surface area contributed by atoms with Crippen LogP contribution in [0.25, 0.3) is 0 Å². The van der Waals surface area contributed by atoms with E-state index in [1.54, 1.807) is 0 Å². The van der Waals surface area contributed by atoms with E-state index < -0.39 is 42.0 Å². The number of unbranched alkanes of at least 4 members (excludes halogenated alkanes) is 13. The number of carboxylic acids is 3. The Labute approximate surface area is 194 Å². The van der Waals surface area contributed by atoms with Crippen molar-refractivity contribution in [2.45, 2.75) is 103 Å². The van der Waals surface area contributed by atoms with Crippen LogP contribution in [0.1, 0.15) is 103 Å². The van der Waals surface area contributed by atoms with Gasteiger partial charge in [0.2, 0.25) is 0 Å². The Balaban J connectivity index is 3.81. The second-order valence-electron chi connectivity index (χ2n) is 8.99. The topological polar surface area (TPSA) is 115 Å². The van der Waals surface area contributed by atoms with Crippen LogP contribution in [0, 0.1) is 0 Å². The molecule has 0 unspecified atom stereocenters. The van der Waals surface area contributed by atoms with Gasteiger partial charge in [-0.05, 0) is 32.1 Å². The summed E-state index contributed by atoms with van der Waals surface area (Å²) in [6.45, 7) is 0.797. The lowest BCUT2D eigenvalue weighted by Crippen LogP contribution is -2.59. The summed E-state index contributed by atoms with van der Waals surface area (Å²) in [7, 11) is 0. The number of carboxylic acid groups (broad SMARTS) is 3. The third kappa shape index (κ3) is 18.8. The van der Waals surface area contributed by atoms with Crippen molar-refractivity contribution in [2.75, 3.05) is 26.2 Å². The summed E-state index contributed by atoms with van der Waals surface area (Å²) >= 11 is 0. The fourth-order valence-corrected chi connectivity index (χ4v) is 4.13. The Morgan fingerprint density at radius 1 is 0.656 bits per heavy atom. The van der Waals surface area contributed by atoms with Gasteiger partial charge in [-0.2, -0.15) is 0 Å². The molecule has 0 aliphatic rings. The van der Waals surface area contributed by atoms with Gasteiger partial charge in [0.15, 0.2) is 13.1 Å². The highest BCUT2D eigenvalue weighted by Gasteiger charge is 2.33. The van der Waals surface area contributed by atoms with E-state index >= 15 is 0 Å². The summed E-state index contributed by atoms with van der Waals surface area (Å²) < 4.78 is -0.498. The van der Waals surface area contributed by atoms with Crippen molar-refractivity contribution in [3.8, 4) is 0 Å². The number of allylic oxidation sites excluding steroid dienone is 2. The van der Waals surface area contributed by atoms with Crippen molar-refractivity contribution in [2.24, 2.45) is 0 Å². The molecular formula is C25H45NO6. The Morgan fingerprint density at radius 3 is 1.47 bits per heavy atom. The number of quaternary nitrogens is 1. The van der Waals surface area contributed by atoms with Crippen LogP contribution < -0.4 is 5.11 Å². The van der Waals surface area contributed by atoms with Crippen molar-refractivity contribution in [1.82, 2.24) is 0 Å². The first-order valence-electron chi connectivity index (χ1n) is 12.4. The minimum atomic E-state index is -1.42. The highest BCUT2D eigenvalue weighted by Crippen LogP contribution is 2.15. The largest absolute Gasteiger partial charge is 0.544 e. The molecule has 0 atom stereocenters. The molecule has 0 fully saturated rings. The normalized spacial score (nSPS) is 11.8. The van der Waals surface area contributed by atoms with Crippen LogP contribution in [0.3, 0.4) is 0 Å². The summed E-state index contributed by atoms with van der Waals surface area (Å²) in [6.07, 6.45) is 22.0. The van der Waals surface area contributed by atoms with Gasteiger partial charge in [0.1, 0.15) is 6.54 Å². The summed E-state index contributed by atoms with van der Waals surface area (Å²) in [6, 6.07) is 0. The molecule has 0 aromatic heterocycles. The molecule has 0 rings (SSSR count). The average Bonchev–Trinajstić information content (AvgIpc) is 2.68. The van der Waals surface area contributed by atoms with Crippen LogP contribution in [0.4, 0.5) is 0 Å². The molecule has 0 radical (unpaired) electrons. The molecule has 0 heterocycles. The minimum Gasteiger partial charge on any atom is -0.544 e. The molecule has 0 spiro atoms. The molecular weight excluding hydrogens is 410 g/mol. The number of carbonyl (C=O) groups is 3. The summed E-state index contributed by atoms with van der Waals surface area (Å²) in [4.78, 5) is 33.3. The first-order chi connectivity index (χ1) is 15.3. The lowest BCUT2D eigenvalue weighted by atomic mass is 10.0. The summed E-state index contributed by atoms with van der Waals surface area (Å²) in [5.41, 5.74) is 0. The standard InChI is InChI=1S/C25H45NO6/c1-2-3-4-5-6-7-8-9-10-11-12-13-14-15-16-17-18-19-26(20-23(27)28,21-24(29)30)22-25(31)32/h4-5H,2-3,6-22H2,1H3,(H2-,27,28,29,30,31,32)/b5-4+. The molecule has 7 heteroatoms. The van der Waals surface area contributed by atoms with E-state index in [9.17, 15) is 19.5 Å². The highest BCUT2D eigenvalue weighted by molar-refractivity contribution is 5.72. The third-order valence-electron chi connectivity index (χ3n) is 5.78. The first-order valence-corrected chi connectivity index (χ1v) is 12.4. The highest BCUT2D eigenvalue weighted by atomic mass is 16.4. The van der Waals surface area contributed by atoms with Crippen molar-refractivity contribution in [1.29, 1.82) is 0 Å². The lowest BCUT2D eigenvalue weighted by Gasteiger charge is -2.36. The average molecular weight is 456 g/mol. The van der Waals surface area contributed by atoms with E-state index in [-0.39, 0.29) is 6.54 Å². The lowest BCUT2D eigenvalue weighted by molar-refractivity contribution is -0.909. The zero-order valence-corrected chi connectivity index (χ0v) is 20.1. The predicted octanol–water partition coefficient (Wildman–Crippen LogP) is 4.15. The van der Waals surface area contributed by atoms with E-state index in [2.05, 4.69) is 19.1 Å². The van der Waals surface area contributed by atoms with Crippen molar-refractivity contribution in [3.63, 3.8) is 0 Å². The third-order valence-corrected chi connectivity index (χ3v) is 5.78. The van der Waals surface area contributed by atoms with E-state index in [0.29, 0.717) is 6.42 Å². The summed E-state index contributed by atoms with van der Waals surface area (Å²) in [5.74, 6) is -3.82. The Bertz CT molecular complexity index is 506. The SMILES string of the molecule is CCC/C=C/CCCCCCCCCCCCCC[N+](CC(=O)[O-])(CC(=O)O)CC(=O)O. The van der Waals surface area contributed by atoms with Crippen molar-refractivity contribution in [3.05, 3.63) is 12.2 Å². The van der Waals surface area contributed by atoms with E-state index in [0.717, 1.165) is 19.3 Å². The van der Waals surface area contributed by atoms with Gasteiger partial charge >= 0.3 is 11.9 Å². The Morgan fingerprint density at radius 2 is 1.06 bits per heavy atom. The maximum absolute atomic E-state index is 11.1. The van der Waals surface area contributed by atoms with Gasteiger partial charge in [-0.3, -0.25) is 0 Å². The zero-order chi connectivity index (χ0) is 24.1. The molecule has 0 aliphatic heterocycles. The molecule has 0 aromatic rings. The number of hydrogen-bond donors (Lipinski definition) is 2. The second-order valence-corrected chi connectivity index (χ2v) is 8.99. The molecule has 0 amide bonds. The van der Waals surface area contributed by atoms with Crippen LogP contribution >= 0.6 is 0 Å². The fraction of sp³-hybridized carbons (Fsp3) is 0.800. The van der Waals surface area contributed by atoms with Gasteiger partial charge in [0.05, 0.1) is 12.5 Å². The van der Waals surface area contributed by atoms with E-state index in [4.69, 9.17) is 10.2 Å². The van der Waals surface area contributed by atoms with Gasteiger partial charge in [-0.15, -0.1) is 0 Å². The van der Waals surface area contributed by atoms with Gasteiger partial charge in [0, 0.05) is 0 Å². The van der Waals surface area contributed by atoms with E-state index in [1.807, 2.05) is 0 Å². The number of rotatable bonds is 23. The van der Waals surface area contributed by atoms with Crippen LogP contribution in [0.5, 0.6) is 0 Å². The molecule has 2 N–H and O–H groups in total. The van der Waals surface area contributed by atoms with E-state index in [1.165, 1.54) is 70.6 Å². The van der Waals surface area contributed by atoms with Gasteiger partial charge in [-0.25, -0.2) is 9.59 Å². The molecule has 186 valence electrons. The monoisotopic (exact) mass is 455 g/mol. The van der Waals surface area contributed by atoms with Crippen molar-refractivity contribution >= 4 is 17.9 Å². The van der Waals surface area contributed by atoms with Crippen LogP contribution in [-0.4, -0.2) is 58.8 Å². The predicted molar refractivity (Wildman–Crippen MR) is 124 cm³/mol. The zero-order valence-electron chi connectivity index (χ0n) is 20.1. The molecule has 0 aromatic carbocycles. The Kier molecular flexibility index (Phi) is 18.6. The number of aliphatic carboxylic acids is 3. The molecule has 0 aliphatic carbocycles. The maximum Gasteiger partial charge on any atom is 0.359 e. The first kappa shape index (κ1) is 30.1. The fourth-order valence-electron chi connectivity index (χ4n) is 4.13. The molecule has 0 saturated heterocycles. The number of nitrogens with zero attached hydrogens (tertiary/aromatic N) is 1. The number of carbonyl (C=O) groups excluding carboxylic acids is 1. The van der Waals surface area contributed by atoms with Crippen LogP contribution in [0.15, 0.2) is 12.2 Å². The molecule has 0 saturated carbocycles. The van der Waals surface area contributed by atoms with Gasteiger partial charge in [-0.1, -0.05) is 83.3 Å². The summed E-state index contributed by atoms with van der Waals surface area (Å²) in [5, 5.41) is 29.2. The smallest absolute Gasteiger partial charge is 0.359 e. The van der Waals surface area contributed by atoms with Gasteiger partial charge < -0.3 is 24.6 Å². The molecule has 7 nitrogen and oxygen atoms in total. The van der Waals surface area contributed by atoms with Crippen molar-refractivity contribution < 1.29 is 34.2 Å². The Hall–Kier alpha value is -1.89. The second kappa shape index (κ2) is 19.8. The van der Waals surface area contributed by atoms with Crippen LogP contribution in [0.2, 0.25) is 0 Å². The minimum absolute atomic E-state index is 0.223. The van der Waals surface area contributed by atoms with Gasteiger partial charge in [0.25, 0.3) is 0 Å². The molecule has 0 bridgehead atoms.